The van der Waals surface area contributed by atoms with Gasteiger partial charge in [-0.1, -0.05) is 30.3 Å². The third-order valence-electron chi connectivity index (χ3n) is 3.38. The van der Waals surface area contributed by atoms with Crippen molar-refractivity contribution >= 4 is 0 Å². The van der Waals surface area contributed by atoms with Crippen LogP contribution in [0.1, 0.15) is 12.0 Å². The Morgan fingerprint density at radius 2 is 1.57 bits per heavy atom. The Kier molecular flexibility index (Phi) is 11.7. The van der Waals surface area contributed by atoms with Gasteiger partial charge in [0.2, 0.25) is 0 Å². The summed E-state index contributed by atoms with van der Waals surface area (Å²) in [7, 11) is 0. The second kappa shape index (κ2) is 13.4. The molecule has 1 unspecified atom stereocenters. The Hall–Kier alpha value is -1.02. The number of ether oxygens (including phenoxy) is 2. The molecule has 6 nitrogen and oxygen atoms in total. The lowest BCUT2D eigenvalue weighted by Gasteiger charge is -2.23. The molecule has 0 amide bonds. The van der Waals surface area contributed by atoms with Gasteiger partial charge in [0.25, 0.3) is 0 Å². The van der Waals surface area contributed by atoms with Gasteiger partial charge in [-0.05, 0) is 12.0 Å². The molecule has 3 N–H and O–H groups in total. The van der Waals surface area contributed by atoms with E-state index in [9.17, 15) is 5.11 Å². The third-order valence-corrected chi connectivity index (χ3v) is 3.38. The molecule has 1 atom stereocenters. The minimum atomic E-state index is -0.529. The third kappa shape index (κ3) is 10.4. The quantitative estimate of drug-likeness (QED) is 0.425. The van der Waals surface area contributed by atoms with E-state index >= 15 is 0 Å². The van der Waals surface area contributed by atoms with Crippen molar-refractivity contribution in [2.24, 2.45) is 0 Å². The monoisotopic (exact) mass is 327 g/mol. The van der Waals surface area contributed by atoms with Gasteiger partial charge >= 0.3 is 0 Å². The van der Waals surface area contributed by atoms with Gasteiger partial charge in [0.05, 0.1) is 39.1 Å². The first-order valence-corrected chi connectivity index (χ1v) is 8.07. The highest BCUT2D eigenvalue weighted by Gasteiger charge is 2.10. The molecule has 1 rings (SSSR count). The molecule has 1 aromatic carbocycles. The summed E-state index contributed by atoms with van der Waals surface area (Å²) in [6.07, 6.45) is -0.00943. The highest BCUT2D eigenvalue weighted by Crippen LogP contribution is 2.01. The van der Waals surface area contributed by atoms with Gasteiger partial charge in [-0.15, -0.1) is 0 Å². The summed E-state index contributed by atoms with van der Waals surface area (Å²) in [6, 6.07) is 9.96. The summed E-state index contributed by atoms with van der Waals surface area (Å²) >= 11 is 0. The van der Waals surface area contributed by atoms with Gasteiger partial charge in [-0.25, -0.2) is 0 Å². The topological polar surface area (TPSA) is 82.4 Å². The first-order valence-electron chi connectivity index (χ1n) is 8.07. The highest BCUT2D eigenvalue weighted by atomic mass is 16.5. The van der Waals surface area contributed by atoms with Crippen molar-refractivity contribution in [3.63, 3.8) is 0 Å². The predicted octanol–water partition coefficient (Wildman–Crippen LogP) is 0.257. The molecule has 1 aromatic rings. The van der Waals surface area contributed by atoms with E-state index in [1.165, 1.54) is 0 Å². The van der Waals surface area contributed by atoms with Crippen molar-refractivity contribution in [3.05, 3.63) is 35.9 Å². The van der Waals surface area contributed by atoms with Gasteiger partial charge in [0, 0.05) is 26.2 Å². The van der Waals surface area contributed by atoms with E-state index in [-0.39, 0.29) is 13.2 Å². The van der Waals surface area contributed by atoms with Crippen molar-refractivity contribution in [3.8, 4) is 0 Å². The number of nitrogens with zero attached hydrogens (tertiary/aromatic N) is 1. The molecule has 6 heteroatoms. The van der Waals surface area contributed by atoms with Crippen molar-refractivity contribution in [1.29, 1.82) is 0 Å². The average molecular weight is 327 g/mol. The van der Waals surface area contributed by atoms with Crippen LogP contribution < -0.4 is 0 Å². The fraction of sp³-hybridized carbons (Fsp3) is 0.647. The van der Waals surface area contributed by atoms with Gasteiger partial charge in [0.15, 0.2) is 0 Å². The number of aliphatic hydroxyl groups is 3. The van der Waals surface area contributed by atoms with Crippen LogP contribution in [0.5, 0.6) is 0 Å². The molecule has 0 bridgehead atoms. The summed E-state index contributed by atoms with van der Waals surface area (Å²) in [5, 5.41) is 27.7. The zero-order valence-corrected chi connectivity index (χ0v) is 13.6. The molecule has 0 aliphatic heterocycles. The largest absolute Gasteiger partial charge is 0.395 e. The lowest BCUT2D eigenvalue weighted by atomic mass is 10.2. The number of hydrogen-bond donors (Lipinski definition) is 3. The molecule has 0 aliphatic carbocycles. The van der Waals surface area contributed by atoms with Gasteiger partial charge < -0.3 is 24.8 Å². The van der Waals surface area contributed by atoms with Gasteiger partial charge in [-0.2, -0.15) is 0 Å². The SMILES string of the molecule is OCCN(CCO)CC(O)CCOCCOCc1ccccc1. The van der Waals surface area contributed by atoms with Gasteiger partial charge in [-0.3, -0.25) is 4.90 Å². The highest BCUT2D eigenvalue weighted by molar-refractivity contribution is 5.13. The van der Waals surface area contributed by atoms with Crippen LogP contribution in [0.25, 0.3) is 0 Å². The minimum absolute atomic E-state index is 0.0158. The summed E-state index contributed by atoms with van der Waals surface area (Å²) in [5.74, 6) is 0. The van der Waals surface area contributed by atoms with E-state index in [1.54, 1.807) is 0 Å². The van der Waals surface area contributed by atoms with E-state index in [0.29, 0.717) is 52.5 Å². The Morgan fingerprint density at radius 3 is 2.22 bits per heavy atom. The predicted molar refractivity (Wildman–Crippen MR) is 88.2 cm³/mol. The van der Waals surface area contributed by atoms with Crippen LogP contribution in [-0.4, -0.2) is 79.0 Å². The lowest BCUT2D eigenvalue weighted by molar-refractivity contribution is 0.0189. The normalized spacial score (nSPS) is 12.7. The standard InChI is InChI=1S/C17H29NO5/c19-9-7-18(8-10-20)14-17(21)6-11-22-12-13-23-15-16-4-2-1-3-5-16/h1-5,17,19-21H,6-15H2. The first-order chi connectivity index (χ1) is 11.3. The molecule has 0 fully saturated rings. The second-order valence-corrected chi connectivity index (χ2v) is 5.34. The first kappa shape index (κ1) is 20.0. The van der Waals surface area contributed by atoms with Crippen molar-refractivity contribution in [1.82, 2.24) is 4.90 Å². The molecule has 23 heavy (non-hydrogen) atoms. The number of rotatable bonds is 14. The Bertz CT molecular complexity index is 371. The van der Waals surface area contributed by atoms with Crippen molar-refractivity contribution < 1.29 is 24.8 Å². The summed E-state index contributed by atoms with van der Waals surface area (Å²) in [5.41, 5.74) is 1.13. The van der Waals surface area contributed by atoms with Crippen LogP contribution in [-0.2, 0) is 16.1 Å². The Labute approximate surface area is 138 Å². The average Bonchev–Trinajstić information content (AvgIpc) is 2.55. The molecule has 0 saturated carbocycles. The molecule has 0 radical (unpaired) electrons. The van der Waals surface area contributed by atoms with E-state index in [2.05, 4.69) is 0 Å². The fourth-order valence-electron chi connectivity index (χ4n) is 2.17. The number of aliphatic hydroxyl groups excluding tert-OH is 3. The molecular formula is C17H29NO5. The maximum Gasteiger partial charge on any atom is 0.0718 e. The number of hydrogen-bond acceptors (Lipinski definition) is 6. The van der Waals surface area contributed by atoms with Crippen LogP contribution in [0.2, 0.25) is 0 Å². The van der Waals surface area contributed by atoms with E-state index < -0.39 is 6.10 Å². The molecule has 0 aromatic heterocycles. The fourth-order valence-corrected chi connectivity index (χ4v) is 2.17. The van der Waals surface area contributed by atoms with Crippen LogP contribution in [0, 0.1) is 0 Å². The van der Waals surface area contributed by atoms with E-state index in [1.807, 2.05) is 35.2 Å². The molecular weight excluding hydrogens is 298 g/mol. The number of benzene rings is 1. The maximum absolute atomic E-state index is 9.91. The molecule has 0 aliphatic rings. The van der Waals surface area contributed by atoms with Gasteiger partial charge in [0.1, 0.15) is 0 Å². The van der Waals surface area contributed by atoms with Crippen molar-refractivity contribution in [2.75, 3.05) is 52.7 Å². The summed E-state index contributed by atoms with van der Waals surface area (Å²) < 4.78 is 10.9. The smallest absolute Gasteiger partial charge is 0.0718 e. The zero-order valence-electron chi connectivity index (χ0n) is 13.6. The molecule has 0 spiro atoms. The lowest BCUT2D eigenvalue weighted by Crippen LogP contribution is -2.37. The summed E-state index contributed by atoms with van der Waals surface area (Å²) in [6.45, 7) is 3.41. The van der Waals surface area contributed by atoms with Crippen LogP contribution in [0.4, 0.5) is 0 Å². The molecule has 0 saturated heterocycles. The summed E-state index contributed by atoms with van der Waals surface area (Å²) in [4.78, 5) is 1.83. The Balaban J connectivity index is 1.99. The van der Waals surface area contributed by atoms with Crippen LogP contribution in [0.3, 0.4) is 0 Å². The van der Waals surface area contributed by atoms with E-state index in [0.717, 1.165) is 5.56 Å². The molecule has 0 heterocycles. The Morgan fingerprint density at radius 1 is 0.913 bits per heavy atom. The zero-order chi connectivity index (χ0) is 16.8. The van der Waals surface area contributed by atoms with E-state index in [4.69, 9.17) is 19.7 Å². The van der Waals surface area contributed by atoms with Crippen LogP contribution in [0.15, 0.2) is 30.3 Å². The van der Waals surface area contributed by atoms with Crippen LogP contribution >= 0.6 is 0 Å². The van der Waals surface area contributed by atoms with Crippen molar-refractivity contribution in [2.45, 2.75) is 19.1 Å². The molecule has 132 valence electrons. The maximum atomic E-state index is 9.91. The minimum Gasteiger partial charge on any atom is -0.395 e. The second-order valence-electron chi connectivity index (χ2n) is 5.34.